The zero-order chi connectivity index (χ0) is 11.6. The number of halogens is 3. The van der Waals surface area contributed by atoms with Gasteiger partial charge in [0.2, 0.25) is 0 Å². The molecule has 0 aromatic carbocycles. The van der Waals surface area contributed by atoms with Crippen LogP contribution in [-0.4, -0.2) is 18.1 Å². The maximum atomic E-state index is 12.5. The first-order valence-electron chi connectivity index (χ1n) is 4.00. The van der Waals surface area contributed by atoms with Gasteiger partial charge in [0.15, 0.2) is 0 Å². The Morgan fingerprint density at radius 1 is 1.60 bits per heavy atom. The molecule has 0 atom stereocenters. The molecule has 0 bridgehead atoms. The summed E-state index contributed by atoms with van der Waals surface area (Å²) in [6.45, 7) is 1.44. The number of ether oxygens (including phenoxy) is 1. The smallest absolute Gasteiger partial charge is 0.338 e. The lowest BCUT2D eigenvalue weighted by atomic mass is 10.1. The van der Waals surface area contributed by atoms with E-state index in [1.807, 2.05) is 0 Å². The lowest BCUT2D eigenvalue weighted by Gasteiger charge is -2.10. The van der Waals surface area contributed by atoms with E-state index in [0.717, 1.165) is 13.3 Å². The first kappa shape index (κ1) is 11.8. The minimum absolute atomic E-state index is 0.0137. The summed E-state index contributed by atoms with van der Waals surface area (Å²) < 4.78 is 29.5. The molecule has 0 saturated carbocycles. The second-order valence-electron chi connectivity index (χ2n) is 2.80. The van der Waals surface area contributed by atoms with Gasteiger partial charge < -0.3 is 4.74 Å². The molecule has 0 spiro atoms. The Morgan fingerprint density at radius 3 is 2.67 bits per heavy atom. The van der Waals surface area contributed by atoms with Crippen LogP contribution in [-0.2, 0) is 4.74 Å². The number of hydrogen-bond donors (Lipinski definition) is 0. The van der Waals surface area contributed by atoms with Crippen LogP contribution in [0.3, 0.4) is 0 Å². The van der Waals surface area contributed by atoms with Crippen LogP contribution in [0.2, 0.25) is 5.15 Å². The number of aromatic nitrogens is 1. The molecule has 1 rings (SSSR count). The highest BCUT2D eigenvalue weighted by molar-refractivity contribution is 6.30. The van der Waals surface area contributed by atoms with Gasteiger partial charge in [0, 0.05) is 11.8 Å². The Bertz CT molecular complexity index is 396. The number of rotatable bonds is 2. The van der Waals surface area contributed by atoms with Gasteiger partial charge in [-0.25, -0.2) is 18.6 Å². The molecule has 3 nitrogen and oxygen atoms in total. The minimum atomic E-state index is -2.79. The van der Waals surface area contributed by atoms with E-state index in [-0.39, 0.29) is 16.3 Å². The first-order chi connectivity index (χ1) is 6.99. The lowest BCUT2D eigenvalue weighted by molar-refractivity contribution is 0.0588. The van der Waals surface area contributed by atoms with Crippen LogP contribution in [0.15, 0.2) is 6.20 Å². The van der Waals surface area contributed by atoms with Gasteiger partial charge in [0.25, 0.3) is 6.43 Å². The molecule has 82 valence electrons. The monoisotopic (exact) mass is 235 g/mol. The molecule has 1 aromatic heterocycles. The normalized spacial score (nSPS) is 10.5. The van der Waals surface area contributed by atoms with Crippen molar-refractivity contribution < 1.29 is 18.3 Å². The van der Waals surface area contributed by atoms with E-state index >= 15 is 0 Å². The topological polar surface area (TPSA) is 39.2 Å². The molecule has 0 unspecified atom stereocenters. The zero-order valence-electron chi connectivity index (χ0n) is 8.05. The van der Waals surface area contributed by atoms with E-state index < -0.39 is 18.0 Å². The Balaban J connectivity index is 3.41. The highest BCUT2D eigenvalue weighted by atomic mass is 35.5. The van der Waals surface area contributed by atoms with E-state index in [9.17, 15) is 13.6 Å². The van der Waals surface area contributed by atoms with Crippen molar-refractivity contribution in [1.29, 1.82) is 0 Å². The third-order valence-electron chi connectivity index (χ3n) is 1.91. The maximum absolute atomic E-state index is 12.5. The second-order valence-corrected chi connectivity index (χ2v) is 3.15. The summed E-state index contributed by atoms with van der Waals surface area (Å²) in [4.78, 5) is 14.8. The average Bonchev–Trinajstić information content (AvgIpc) is 2.20. The van der Waals surface area contributed by atoms with Crippen LogP contribution < -0.4 is 0 Å². The molecule has 0 aliphatic rings. The van der Waals surface area contributed by atoms with Gasteiger partial charge in [0.05, 0.1) is 18.2 Å². The van der Waals surface area contributed by atoms with Crippen molar-refractivity contribution in [3.63, 3.8) is 0 Å². The molecule has 0 radical (unpaired) electrons. The summed E-state index contributed by atoms with van der Waals surface area (Å²) in [6, 6.07) is 0. The molecule has 0 N–H and O–H groups in total. The van der Waals surface area contributed by atoms with E-state index in [0.29, 0.717) is 0 Å². The van der Waals surface area contributed by atoms with Gasteiger partial charge in [-0.05, 0) is 6.92 Å². The number of esters is 1. The largest absolute Gasteiger partial charge is 0.465 e. The fourth-order valence-corrected chi connectivity index (χ4v) is 1.29. The van der Waals surface area contributed by atoms with Crippen molar-refractivity contribution in [2.24, 2.45) is 0 Å². The number of pyridine rings is 1. The third-order valence-corrected chi connectivity index (χ3v) is 2.30. The summed E-state index contributed by atoms with van der Waals surface area (Å²) in [5, 5.41) is 0.0137. The zero-order valence-corrected chi connectivity index (χ0v) is 8.81. The highest BCUT2D eigenvalue weighted by Crippen LogP contribution is 2.28. The SMILES string of the molecule is COC(=O)c1c(C(F)F)cnc(Cl)c1C. The van der Waals surface area contributed by atoms with Crippen molar-refractivity contribution in [2.45, 2.75) is 13.3 Å². The van der Waals surface area contributed by atoms with E-state index in [2.05, 4.69) is 9.72 Å². The molecule has 0 amide bonds. The Labute approximate surface area is 90.0 Å². The minimum Gasteiger partial charge on any atom is -0.465 e. The highest BCUT2D eigenvalue weighted by Gasteiger charge is 2.23. The van der Waals surface area contributed by atoms with Crippen LogP contribution in [0, 0.1) is 6.92 Å². The van der Waals surface area contributed by atoms with Crippen LogP contribution in [0.1, 0.15) is 27.9 Å². The molecule has 0 aliphatic carbocycles. The number of hydrogen-bond acceptors (Lipinski definition) is 3. The van der Waals surface area contributed by atoms with Gasteiger partial charge >= 0.3 is 5.97 Å². The molecule has 0 saturated heterocycles. The van der Waals surface area contributed by atoms with Gasteiger partial charge in [-0.2, -0.15) is 0 Å². The Hall–Kier alpha value is -1.23. The number of nitrogens with zero attached hydrogens (tertiary/aromatic N) is 1. The lowest BCUT2D eigenvalue weighted by Crippen LogP contribution is -2.10. The van der Waals surface area contributed by atoms with Gasteiger partial charge in [0.1, 0.15) is 5.15 Å². The fraction of sp³-hybridized carbons (Fsp3) is 0.333. The van der Waals surface area contributed by atoms with Crippen LogP contribution in [0.4, 0.5) is 8.78 Å². The quantitative estimate of drug-likeness (QED) is 0.585. The molecule has 0 fully saturated rings. The second kappa shape index (κ2) is 4.53. The first-order valence-corrected chi connectivity index (χ1v) is 4.38. The summed E-state index contributed by atoms with van der Waals surface area (Å²) in [6.07, 6.45) is -1.91. The predicted molar refractivity (Wildman–Crippen MR) is 50.3 cm³/mol. The third kappa shape index (κ3) is 2.23. The van der Waals surface area contributed by atoms with Crippen molar-refractivity contribution in [3.05, 3.63) is 28.0 Å². The summed E-state index contributed by atoms with van der Waals surface area (Å²) in [7, 11) is 1.12. The Kier molecular flexibility index (Phi) is 3.57. The number of carbonyl (C=O) groups is 1. The Morgan fingerprint density at radius 2 is 2.20 bits per heavy atom. The summed E-state index contributed by atoms with van der Waals surface area (Å²) in [5.41, 5.74) is -0.488. The fourth-order valence-electron chi connectivity index (χ4n) is 1.15. The number of methoxy groups -OCH3 is 1. The molecule has 1 heterocycles. The van der Waals surface area contributed by atoms with Crippen LogP contribution in [0.25, 0.3) is 0 Å². The molecular weight excluding hydrogens is 228 g/mol. The van der Waals surface area contributed by atoms with Crippen LogP contribution in [0.5, 0.6) is 0 Å². The van der Waals surface area contributed by atoms with E-state index in [4.69, 9.17) is 11.6 Å². The van der Waals surface area contributed by atoms with Crippen molar-refractivity contribution >= 4 is 17.6 Å². The van der Waals surface area contributed by atoms with Gasteiger partial charge in [-0.15, -0.1) is 0 Å². The standard InChI is InChI=1S/C9H8ClF2NO2/c1-4-6(9(14)15-2)5(8(11)12)3-13-7(4)10/h3,8H,1-2H3. The number of carbonyl (C=O) groups excluding carboxylic acids is 1. The molecular formula is C9H8ClF2NO2. The molecule has 6 heteroatoms. The van der Waals surface area contributed by atoms with E-state index in [1.165, 1.54) is 6.92 Å². The molecule has 1 aromatic rings. The van der Waals surface area contributed by atoms with Crippen molar-refractivity contribution in [1.82, 2.24) is 4.98 Å². The average molecular weight is 236 g/mol. The van der Waals surface area contributed by atoms with Crippen molar-refractivity contribution in [3.8, 4) is 0 Å². The molecule has 0 aliphatic heterocycles. The van der Waals surface area contributed by atoms with Crippen LogP contribution >= 0.6 is 11.6 Å². The predicted octanol–water partition coefficient (Wildman–Crippen LogP) is 2.77. The van der Waals surface area contributed by atoms with Crippen molar-refractivity contribution in [2.75, 3.05) is 7.11 Å². The molecule has 15 heavy (non-hydrogen) atoms. The maximum Gasteiger partial charge on any atom is 0.338 e. The summed E-state index contributed by atoms with van der Waals surface area (Å²) >= 11 is 5.63. The number of alkyl halides is 2. The van der Waals surface area contributed by atoms with Gasteiger partial charge in [-0.1, -0.05) is 11.6 Å². The van der Waals surface area contributed by atoms with E-state index in [1.54, 1.807) is 0 Å². The van der Waals surface area contributed by atoms with Gasteiger partial charge in [-0.3, -0.25) is 0 Å². The summed E-state index contributed by atoms with van der Waals surface area (Å²) in [5.74, 6) is -0.841.